The summed E-state index contributed by atoms with van der Waals surface area (Å²) in [7, 11) is 0. The molecule has 2 aromatic heterocycles. The Balaban J connectivity index is 1.99. The van der Waals surface area contributed by atoms with Crippen LogP contribution < -0.4 is 11.0 Å². The highest BCUT2D eigenvalue weighted by Crippen LogP contribution is 2.31. The van der Waals surface area contributed by atoms with Crippen molar-refractivity contribution >= 4 is 46.2 Å². The van der Waals surface area contributed by atoms with E-state index in [1.165, 1.54) is 22.1 Å². The normalized spacial score (nSPS) is 12.0. The fourth-order valence-corrected chi connectivity index (χ4v) is 3.65. The molecule has 0 aliphatic rings. The minimum absolute atomic E-state index is 0.0369. The van der Waals surface area contributed by atoms with Gasteiger partial charge in [0.25, 0.3) is 5.56 Å². The summed E-state index contributed by atoms with van der Waals surface area (Å²) in [6.07, 6.45) is 0.0369. The molecule has 0 aliphatic carbocycles. The molecule has 0 saturated carbocycles. The first-order valence-electron chi connectivity index (χ1n) is 7.33. The largest absolute Gasteiger partial charge is 0.299 e. The summed E-state index contributed by atoms with van der Waals surface area (Å²) in [6, 6.07) is 3.12. The molecular formula is C15H18Cl2N4O2S. The maximum atomic E-state index is 12.0. The number of thiophene rings is 1. The zero-order chi connectivity index (χ0) is 17.9. The Bertz CT molecular complexity index is 820. The lowest BCUT2D eigenvalue weighted by Gasteiger charge is -2.05. The van der Waals surface area contributed by atoms with Crippen LogP contribution in [0.4, 0.5) is 0 Å². The quantitative estimate of drug-likeness (QED) is 0.588. The van der Waals surface area contributed by atoms with Gasteiger partial charge in [0.05, 0.1) is 16.5 Å². The molecule has 6 nitrogen and oxygen atoms in total. The van der Waals surface area contributed by atoms with Crippen LogP contribution in [0.2, 0.25) is 8.67 Å². The van der Waals surface area contributed by atoms with Gasteiger partial charge in [0.15, 0.2) is 0 Å². The number of amides is 1. The van der Waals surface area contributed by atoms with Gasteiger partial charge in [-0.1, -0.05) is 37.0 Å². The fourth-order valence-electron chi connectivity index (χ4n) is 2.08. The van der Waals surface area contributed by atoms with E-state index in [0.29, 0.717) is 38.1 Å². The molecule has 0 aromatic carbocycles. The minimum atomic E-state index is -0.329. The summed E-state index contributed by atoms with van der Waals surface area (Å²) in [5.41, 5.74) is 4.09. The predicted octanol–water partition coefficient (Wildman–Crippen LogP) is 3.28. The summed E-state index contributed by atoms with van der Waals surface area (Å²) in [6.45, 7) is 6.33. The van der Waals surface area contributed by atoms with Crippen molar-refractivity contribution < 1.29 is 4.79 Å². The lowest BCUT2D eigenvalue weighted by molar-refractivity contribution is -0.120. The number of H-pyrrole nitrogens is 1. The van der Waals surface area contributed by atoms with E-state index >= 15 is 0 Å². The van der Waals surface area contributed by atoms with Gasteiger partial charge < -0.3 is 0 Å². The van der Waals surface area contributed by atoms with Crippen molar-refractivity contribution in [3.8, 4) is 0 Å². The van der Waals surface area contributed by atoms with Crippen LogP contribution in [0.5, 0.6) is 0 Å². The van der Waals surface area contributed by atoms with Crippen molar-refractivity contribution in [1.82, 2.24) is 15.2 Å². The number of hydrogen-bond donors (Lipinski definition) is 2. The van der Waals surface area contributed by atoms with Crippen LogP contribution in [-0.4, -0.2) is 21.4 Å². The van der Waals surface area contributed by atoms with Gasteiger partial charge in [0.2, 0.25) is 5.91 Å². The maximum absolute atomic E-state index is 12.0. The Kier molecular flexibility index (Phi) is 6.26. The van der Waals surface area contributed by atoms with E-state index in [0.717, 1.165) is 0 Å². The number of rotatable bonds is 6. The third kappa shape index (κ3) is 4.96. The van der Waals surface area contributed by atoms with Crippen LogP contribution >= 0.6 is 34.5 Å². The van der Waals surface area contributed by atoms with Gasteiger partial charge in [0.1, 0.15) is 4.34 Å². The highest BCUT2D eigenvalue weighted by Gasteiger charge is 2.11. The Morgan fingerprint density at radius 3 is 2.71 bits per heavy atom. The van der Waals surface area contributed by atoms with E-state index in [-0.39, 0.29) is 17.9 Å². The Hall–Kier alpha value is -1.57. The molecule has 2 rings (SSSR count). The van der Waals surface area contributed by atoms with Gasteiger partial charge in [-0.25, -0.2) is 5.43 Å². The standard InChI is InChI=1S/C15H18Cl2N4O2S/c1-8(2)7-21-14(23)5-10(20-21)4-13(22)19-18-9(3)11-6-12(16)24-15(11)17/h5-6,8,20H,4,7H2,1-3H3,(H,19,22). The van der Waals surface area contributed by atoms with Crippen LogP contribution in [0.3, 0.4) is 0 Å². The maximum Gasteiger partial charge on any atom is 0.266 e. The van der Waals surface area contributed by atoms with E-state index < -0.39 is 0 Å². The molecule has 0 aliphatic heterocycles. The molecule has 130 valence electrons. The molecule has 0 spiro atoms. The molecule has 0 fully saturated rings. The zero-order valence-electron chi connectivity index (χ0n) is 13.5. The highest BCUT2D eigenvalue weighted by molar-refractivity contribution is 7.20. The molecule has 0 bridgehead atoms. The molecule has 0 saturated heterocycles. The number of hydrazone groups is 1. The second kappa shape index (κ2) is 8.00. The molecule has 0 radical (unpaired) electrons. The van der Waals surface area contributed by atoms with Gasteiger partial charge >= 0.3 is 0 Å². The summed E-state index contributed by atoms with van der Waals surface area (Å²) in [4.78, 5) is 23.8. The van der Waals surface area contributed by atoms with Crippen molar-refractivity contribution in [3.05, 3.63) is 42.4 Å². The van der Waals surface area contributed by atoms with Crippen molar-refractivity contribution in [1.29, 1.82) is 0 Å². The summed E-state index contributed by atoms with van der Waals surface area (Å²) >= 11 is 13.2. The molecule has 9 heteroatoms. The van der Waals surface area contributed by atoms with Crippen molar-refractivity contribution in [3.63, 3.8) is 0 Å². The van der Waals surface area contributed by atoms with E-state index in [2.05, 4.69) is 15.6 Å². The smallest absolute Gasteiger partial charge is 0.266 e. The first kappa shape index (κ1) is 18.8. The second-order valence-electron chi connectivity index (χ2n) is 5.77. The third-order valence-electron chi connectivity index (χ3n) is 3.14. The predicted molar refractivity (Wildman–Crippen MR) is 98.3 cm³/mol. The van der Waals surface area contributed by atoms with Crippen LogP contribution in [-0.2, 0) is 17.8 Å². The van der Waals surface area contributed by atoms with E-state index in [1.54, 1.807) is 13.0 Å². The van der Waals surface area contributed by atoms with Crippen LogP contribution in [0.15, 0.2) is 22.0 Å². The molecule has 0 atom stereocenters. The average molecular weight is 389 g/mol. The first-order valence-corrected chi connectivity index (χ1v) is 8.90. The molecule has 1 amide bonds. The number of hydrogen-bond acceptors (Lipinski definition) is 4. The summed E-state index contributed by atoms with van der Waals surface area (Å²) < 4.78 is 2.57. The topological polar surface area (TPSA) is 79.2 Å². The number of aromatic amines is 1. The van der Waals surface area contributed by atoms with Crippen LogP contribution in [0.25, 0.3) is 0 Å². The molecule has 2 aromatic rings. The Morgan fingerprint density at radius 2 is 2.12 bits per heavy atom. The number of nitrogens with zero attached hydrogens (tertiary/aromatic N) is 2. The van der Waals surface area contributed by atoms with Crippen molar-refractivity contribution in [2.24, 2.45) is 11.0 Å². The Morgan fingerprint density at radius 1 is 1.42 bits per heavy atom. The van der Waals surface area contributed by atoms with Crippen molar-refractivity contribution in [2.45, 2.75) is 33.7 Å². The SMILES string of the molecule is CC(=NNC(=O)Cc1cc(=O)n(CC(C)C)[nH]1)c1cc(Cl)sc1Cl. The van der Waals surface area contributed by atoms with Gasteiger partial charge in [-0.15, -0.1) is 11.3 Å². The summed E-state index contributed by atoms with van der Waals surface area (Å²) in [5, 5.41) is 6.96. The van der Waals surface area contributed by atoms with Crippen molar-refractivity contribution in [2.75, 3.05) is 0 Å². The third-order valence-corrected chi connectivity index (χ3v) is 4.62. The molecule has 2 heterocycles. The van der Waals surface area contributed by atoms with Gasteiger partial charge in [-0.2, -0.15) is 5.10 Å². The molecule has 2 N–H and O–H groups in total. The van der Waals surface area contributed by atoms with Crippen LogP contribution in [0, 0.1) is 5.92 Å². The number of aromatic nitrogens is 2. The van der Waals surface area contributed by atoms with Gasteiger partial charge in [-0.05, 0) is 18.9 Å². The van der Waals surface area contributed by atoms with E-state index in [1.807, 2.05) is 13.8 Å². The second-order valence-corrected chi connectivity index (χ2v) is 8.06. The summed E-state index contributed by atoms with van der Waals surface area (Å²) in [5.74, 6) is 0.00204. The van der Waals surface area contributed by atoms with E-state index in [9.17, 15) is 9.59 Å². The molecule has 24 heavy (non-hydrogen) atoms. The molecule has 0 unspecified atom stereocenters. The molecular weight excluding hydrogens is 371 g/mol. The number of nitrogens with one attached hydrogen (secondary N) is 2. The van der Waals surface area contributed by atoms with Gasteiger partial charge in [-0.3, -0.25) is 19.4 Å². The minimum Gasteiger partial charge on any atom is -0.299 e. The van der Waals surface area contributed by atoms with Gasteiger partial charge in [0, 0.05) is 23.9 Å². The number of carbonyl (C=O) groups excluding carboxylic acids is 1. The average Bonchev–Trinajstić information content (AvgIpc) is 2.98. The highest BCUT2D eigenvalue weighted by atomic mass is 35.5. The fraction of sp³-hybridized carbons (Fsp3) is 0.400. The Labute approximate surface area is 153 Å². The lowest BCUT2D eigenvalue weighted by atomic mass is 10.2. The van der Waals surface area contributed by atoms with Crippen LogP contribution in [0.1, 0.15) is 32.0 Å². The zero-order valence-corrected chi connectivity index (χ0v) is 15.8. The monoisotopic (exact) mass is 388 g/mol. The first-order chi connectivity index (χ1) is 11.3. The lowest BCUT2D eigenvalue weighted by Crippen LogP contribution is -2.21. The van der Waals surface area contributed by atoms with E-state index in [4.69, 9.17) is 23.2 Å². The number of halogens is 2. The number of carbonyl (C=O) groups is 1.